The fourth-order valence-electron chi connectivity index (χ4n) is 5.31. The number of allylic oxidation sites excluding steroid dienone is 4. The Morgan fingerprint density at radius 2 is 1.62 bits per heavy atom. The zero-order valence-electron chi connectivity index (χ0n) is 21.8. The molecule has 1 heterocycles. The highest BCUT2D eigenvalue weighted by Gasteiger charge is 2.42. The van der Waals surface area contributed by atoms with Crippen LogP contribution in [0.15, 0.2) is 53.0 Å². The lowest BCUT2D eigenvalue weighted by Gasteiger charge is -2.36. The Morgan fingerprint density at radius 3 is 2.23 bits per heavy atom. The lowest BCUT2D eigenvalue weighted by atomic mass is 9.73. The third-order valence-corrected chi connectivity index (χ3v) is 7.80. The predicted molar refractivity (Wildman–Crippen MR) is 149 cm³/mol. The molecule has 2 aromatic rings. The van der Waals surface area contributed by atoms with Crippen molar-refractivity contribution >= 4 is 46.4 Å². The number of carbonyl (C=O) groups excluding carboxylic acids is 3. The molecular weight excluding hydrogens is 541 g/mol. The van der Waals surface area contributed by atoms with Gasteiger partial charge >= 0.3 is 0 Å². The van der Waals surface area contributed by atoms with Crippen molar-refractivity contribution in [2.24, 2.45) is 0 Å². The van der Waals surface area contributed by atoms with Gasteiger partial charge in [-0.2, -0.15) is 0 Å². The van der Waals surface area contributed by atoms with Crippen molar-refractivity contribution in [2.75, 3.05) is 18.5 Å². The number of hydrogen-bond donors (Lipinski definition) is 1. The number of amides is 1. The van der Waals surface area contributed by atoms with Crippen LogP contribution in [-0.4, -0.2) is 30.7 Å². The summed E-state index contributed by atoms with van der Waals surface area (Å²) in [6.07, 6.45) is 3.55. The first-order chi connectivity index (χ1) is 18.8. The summed E-state index contributed by atoms with van der Waals surface area (Å²) >= 11 is 12.9. The van der Waals surface area contributed by atoms with Crippen LogP contribution in [-0.2, 0) is 19.1 Å². The van der Waals surface area contributed by atoms with Crippen LogP contribution >= 0.6 is 23.2 Å². The largest absolute Gasteiger partial charge is 0.490 e. The van der Waals surface area contributed by atoms with Crippen LogP contribution in [0.2, 0.25) is 10.0 Å². The van der Waals surface area contributed by atoms with Gasteiger partial charge in [-0.25, -0.2) is 0 Å². The first-order valence-corrected chi connectivity index (χ1v) is 13.9. The van der Waals surface area contributed by atoms with E-state index in [0.717, 1.165) is 18.4 Å². The van der Waals surface area contributed by atoms with Crippen molar-refractivity contribution in [1.29, 1.82) is 0 Å². The lowest BCUT2D eigenvalue weighted by Crippen LogP contribution is -2.30. The molecule has 5 rings (SSSR count). The highest BCUT2D eigenvalue weighted by atomic mass is 35.5. The summed E-state index contributed by atoms with van der Waals surface area (Å²) in [5, 5.41) is 3.51. The van der Waals surface area contributed by atoms with Crippen LogP contribution in [0.1, 0.15) is 62.5 Å². The molecule has 0 atom stereocenters. The first kappa shape index (κ1) is 27.3. The average Bonchev–Trinajstić information content (AvgIpc) is 2.89. The van der Waals surface area contributed by atoms with E-state index in [-0.39, 0.29) is 28.9 Å². The Labute approximate surface area is 237 Å². The Kier molecular flexibility index (Phi) is 8.01. The van der Waals surface area contributed by atoms with E-state index in [9.17, 15) is 14.4 Å². The van der Waals surface area contributed by atoms with Gasteiger partial charge < -0.3 is 19.5 Å². The zero-order valence-corrected chi connectivity index (χ0v) is 23.3. The number of rotatable bonds is 7. The van der Waals surface area contributed by atoms with Crippen molar-refractivity contribution in [3.05, 3.63) is 74.2 Å². The summed E-state index contributed by atoms with van der Waals surface area (Å²) in [4.78, 5) is 38.8. The van der Waals surface area contributed by atoms with E-state index in [1.54, 1.807) is 24.3 Å². The van der Waals surface area contributed by atoms with Crippen molar-refractivity contribution in [3.63, 3.8) is 0 Å². The lowest BCUT2D eigenvalue weighted by molar-refractivity contribution is -0.119. The SMILES string of the molecule is CCOc1cc(C2C3=C(CCCC3=O)OC3=C2C(=O)CCC3)cc(Cl)c1OCC(=O)Nc1ccc(C)c(Cl)c1. The molecule has 9 heteroatoms. The van der Waals surface area contributed by atoms with E-state index in [1.807, 2.05) is 19.9 Å². The quantitative estimate of drug-likeness (QED) is 0.392. The fraction of sp³-hybridized carbons (Fsp3) is 0.367. The van der Waals surface area contributed by atoms with E-state index in [0.29, 0.717) is 77.0 Å². The third-order valence-electron chi connectivity index (χ3n) is 7.11. The predicted octanol–water partition coefficient (Wildman–Crippen LogP) is 6.85. The minimum Gasteiger partial charge on any atom is -0.490 e. The number of ketones is 2. The highest BCUT2D eigenvalue weighted by Crippen LogP contribution is 2.50. The summed E-state index contributed by atoms with van der Waals surface area (Å²) in [5.41, 5.74) is 3.16. The van der Waals surface area contributed by atoms with Crippen LogP contribution in [0.4, 0.5) is 5.69 Å². The van der Waals surface area contributed by atoms with Crippen LogP contribution in [0.5, 0.6) is 11.5 Å². The minimum atomic E-state index is -0.579. The molecule has 0 aromatic heterocycles. The average molecular weight is 570 g/mol. The van der Waals surface area contributed by atoms with Crippen molar-refractivity contribution in [3.8, 4) is 11.5 Å². The normalized spacial score (nSPS) is 17.4. The van der Waals surface area contributed by atoms with Crippen LogP contribution in [0, 0.1) is 6.92 Å². The molecule has 7 nitrogen and oxygen atoms in total. The number of benzene rings is 2. The standard InChI is InChI=1S/C30H29Cl2NO6/c1-3-37-25-13-17(12-20(32)30(25)38-15-26(36)33-18-11-10-16(2)19(31)14-18)27-28-21(34)6-4-8-23(28)39-24-9-5-7-22(35)29(24)27/h10-14,27H,3-9,15H2,1-2H3,(H,33,36). The van der Waals surface area contributed by atoms with Gasteiger partial charge in [-0.05, 0) is 62.1 Å². The van der Waals surface area contributed by atoms with E-state index < -0.39 is 11.8 Å². The number of halogens is 2. The molecule has 0 fully saturated rings. The second kappa shape index (κ2) is 11.4. The van der Waals surface area contributed by atoms with Crippen molar-refractivity contribution < 1.29 is 28.6 Å². The van der Waals surface area contributed by atoms with E-state index >= 15 is 0 Å². The number of carbonyl (C=O) groups is 3. The van der Waals surface area contributed by atoms with E-state index in [1.165, 1.54) is 0 Å². The van der Waals surface area contributed by atoms with Crippen LogP contribution in [0.25, 0.3) is 0 Å². The summed E-state index contributed by atoms with van der Waals surface area (Å²) in [5.74, 6) is 0.811. The van der Waals surface area contributed by atoms with E-state index in [4.69, 9.17) is 37.4 Å². The summed E-state index contributed by atoms with van der Waals surface area (Å²) in [6, 6.07) is 8.67. The number of hydrogen-bond acceptors (Lipinski definition) is 6. The second-order valence-electron chi connectivity index (χ2n) is 9.83. The van der Waals surface area contributed by atoms with E-state index in [2.05, 4.69) is 5.32 Å². The molecule has 2 aliphatic carbocycles. The Bertz CT molecular complexity index is 1380. The Morgan fingerprint density at radius 1 is 0.949 bits per heavy atom. The number of anilines is 1. The van der Waals surface area contributed by atoms with Gasteiger partial charge in [-0.3, -0.25) is 14.4 Å². The molecule has 0 bridgehead atoms. The number of nitrogens with one attached hydrogen (secondary N) is 1. The Balaban J connectivity index is 1.46. The van der Waals surface area contributed by atoms with Gasteiger partial charge in [0, 0.05) is 53.5 Å². The molecule has 2 aromatic carbocycles. The molecular formula is C30H29Cl2NO6. The van der Waals surface area contributed by atoms with Crippen LogP contribution in [0.3, 0.4) is 0 Å². The highest BCUT2D eigenvalue weighted by molar-refractivity contribution is 6.32. The molecule has 1 N–H and O–H groups in total. The topological polar surface area (TPSA) is 90.9 Å². The molecule has 0 saturated heterocycles. The molecule has 1 amide bonds. The maximum atomic E-state index is 13.1. The van der Waals surface area contributed by atoms with Crippen molar-refractivity contribution in [1.82, 2.24) is 0 Å². The van der Waals surface area contributed by atoms with Gasteiger partial charge in [0.2, 0.25) is 0 Å². The number of ether oxygens (including phenoxy) is 3. The van der Waals surface area contributed by atoms with Gasteiger partial charge in [0.05, 0.1) is 11.6 Å². The molecule has 39 heavy (non-hydrogen) atoms. The third kappa shape index (κ3) is 5.56. The maximum absolute atomic E-state index is 13.1. The number of aryl methyl sites for hydroxylation is 1. The molecule has 0 spiro atoms. The maximum Gasteiger partial charge on any atom is 0.262 e. The van der Waals surface area contributed by atoms with Gasteiger partial charge in [0.15, 0.2) is 29.7 Å². The van der Waals surface area contributed by atoms with Gasteiger partial charge in [0.25, 0.3) is 5.91 Å². The van der Waals surface area contributed by atoms with Gasteiger partial charge in [0.1, 0.15) is 11.5 Å². The van der Waals surface area contributed by atoms with Crippen molar-refractivity contribution in [2.45, 2.75) is 58.3 Å². The molecule has 0 saturated carbocycles. The molecule has 3 aliphatic rings. The first-order valence-electron chi connectivity index (χ1n) is 13.1. The van der Waals surface area contributed by atoms with Crippen LogP contribution < -0.4 is 14.8 Å². The summed E-state index contributed by atoms with van der Waals surface area (Å²) in [7, 11) is 0. The summed E-state index contributed by atoms with van der Waals surface area (Å²) < 4.78 is 17.8. The molecule has 0 unspecified atom stereocenters. The smallest absolute Gasteiger partial charge is 0.262 e. The fourth-order valence-corrected chi connectivity index (χ4v) is 5.77. The monoisotopic (exact) mass is 569 g/mol. The molecule has 204 valence electrons. The minimum absolute atomic E-state index is 0.0199. The molecule has 1 aliphatic heterocycles. The Hall–Kier alpha value is -3.29. The molecule has 0 radical (unpaired) electrons. The van der Waals surface area contributed by atoms with Gasteiger partial charge in [-0.15, -0.1) is 0 Å². The van der Waals surface area contributed by atoms with Gasteiger partial charge in [-0.1, -0.05) is 29.3 Å². The number of Topliss-reactive ketones (excluding diaryl/α,β-unsaturated/α-hetero) is 2. The summed E-state index contributed by atoms with van der Waals surface area (Å²) in [6.45, 7) is 3.70. The zero-order chi connectivity index (χ0) is 27.7. The second-order valence-corrected chi connectivity index (χ2v) is 10.6.